The lowest BCUT2D eigenvalue weighted by Crippen LogP contribution is -2.30. The van der Waals surface area contributed by atoms with Crippen molar-refractivity contribution >= 4 is 46.8 Å². The summed E-state index contributed by atoms with van der Waals surface area (Å²) in [6, 6.07) is 0. The minimum absolute atomic E-state index is 0.0151. The molecule has 0 saturated carbocycles. The normalized spacial score (nSPS) is 11.2. The van der Waals surface area contributed by atoms with Crippen LogP contribution in [-0.2, 0) is 109 Å². The second-order valence-corrected chi connectivity index (χ2v) is 26.8. The standard InChI is InChI=1S/4C17H30N4O3/c1-13(2)11-18-17(23)10-15-12-21(20-19-15)7-9-24-8-5-6-16(22)14(3)4;1-13(2)10-17(23)18-11-15-12-21(20-19-15)7-9-24-8-5-6-16(22)14(3)4;1-13(2)10-18-17(23)12-21-11-15(19-20-21)7-9-24-8-5-6-16(22)14(3)4;1-13(2)10-17(23)18-12-21-11-15(19-20-21)7-9-24-8-5-6-16(22)14(3)4/h2*12-14H,5-11H2,1-4H3,(H,18,23);2*11,13-14H,5-10,12H2,1-4H3,(H,18,23). The average Bonchev–Trinajstić information content (AvgIpc) is 1.91. The molecule has 0 unspecified atom stereocenters. The van der Waals surface area contributed by atoms with Gasteiger partial charge in [0, 0.05) is 127 Å². The highest BCUT2D eigenvalue weighted by molar-refractivity contribution is 5.81. The number of ketones is 4. The zero-order chi connectivity index (χ0) is 71.8. The molecule has 4 amide bonds. The average molecular weight is 1350 g/mol. The summed E-state index contributed by atoms with van der Waals surface area (Å²) in [6.45, 7) is 39.4. The predicted molar refractivity (Wildman–Crippen MR) is 365 cm³/mol. The zero-order valence-electron chi connectivity index (χ0n) is 61.0. The first-order chi connectivity index (χ1) is 45.5. The van der Waals surface area contributed by atoms with Crippen molar-refractivity contribution in [3.05, 3.63) is 47.6 Å². The monoisotopic (exact) mass is 1350 g/mol. The van der Waals surface area contributed by atoms with E-state index in [-0.39, 0.29) is 83.4 Å². The second-order valence-electron chi connectivity index (χ2n) is 26.8. The number of Topliss-reactive ketones (excluding diaryl/α,β-unsaturated/α-hetero) is 4. The first-order valence-electron chi connectivity index (χ1n) is 34.6. The molecule has 0 aliphatic heterocycles. The van der Waals surface area contributed by atoms with E-state index in [1.165, 1.54) is 4.68 Å². The molecular weight excluding hydrogens is 1230 g/mol. The maximum Gasteiger partial charge on any atom is 0.241 e. The fourth-order valence-corrected chi connectivity index (χ4v) is 8.05. The quantitative estimate of drug-likeness (QED) is 0.0319. The SMILES string of the molecule is CC(C)CC(=O)NCc1cn(CCOCCCC(=O)C(C)C)nn1.CC(C)CC(=O)NCn1cc(CCOCCCC(=O)C(C)C)nn1.CC(C)CNC(=O)Cc1cn(CCOCCCC(=O)C(C)C)nn1.CC(C)CNC(=O)Cn1cc(CCOCCCC(=O)C(C)C)nn1. The van der Waals surface area contributed by atoms with Crippen LogP contribution in [0.25, 0.3) is 0 Å². The van der Waals surface area contributed by atoms with E-state index in [1.54, 1.807) is 38.8 Å². The van der Waals surface area contributed by atoms with Gasteiger partial charge in [0.1, 0.15) is 42.0 Å². The van der Waals surface area contributed by atoms with Crippen LogP contribution in [-0.4, -0.2) is 173 Å². The third-order valence-corrected chi connectivity index (χ3v) is 13.9. The largest absolute Gasteiger partial charge is 0.381 e. The number of nitrogens with one attached hydrogen (secondary N) is 4. The van der Waals surface area contributed by atoms with Gasteiger partial charge in [0.05, 0.1) is 82.0 Å². The molecule has 4 N–H and O–H groups in total. The highest BCUT2D eigenvalue weighted by atomic mass is 16.5. The number of carbonyl (C=O) groups is 8. The molecule has 28 heteroatoms. The first kappa shape index (κ1) is 87.0. The van der Waals surface area contributed by atoms with Crippen molar-refractivity contribution in [3.63, 3.8) is 0 Å². The molecule has 0 aliphatic rings. The summed E-state index contributed by atoms with van der Waals surface area (Å²) >= 11 is 0. The lowest BCUT2D eigenvalue weighted by atomic mass is 10.1. The van der Waals surface area contributed by atoms with E-state index in [9.17, 15) is 38.4 Å². The highest BCUT2D eigenvalue weighted by Gasteiger charge is 2.14. The second kappa shape index (κ2) is 52.1. The van der Waals surface area contributed by atoms with Crippen LogP contribution >= 0.6 is 0 Å². The van der Waals surface area contributed by atoms with Crippen LogP contribution in [0.2, 0.25) is 0 Å². The van der Waals surface area contributed by atoms with Crippen molar-refractivity contribution < 1.29 is 57.3 Å². The van der Waals surface area contributed by atoms with Gasteiger partial charge in [0.25, 0.3) is 0 Å². The van der Waals surface area contributed by atoms with Crippen molar-refractivity contribution in [1.29, 1.82) is 0 Å². The lowest BCUT2D eigenvalue weighted by molar-refractivity contribution is -0.123. The van der Waals surface area contributed by atoms with Crippen LogP contribution < -0.4 is 21.3 Å². The molecule has 4 heterocycles. The molecule has 4 aromatic heterocycles. The van der Waals surface area contributed by atoms with Crippen LogP contribution in [0.4, 0.5) is 0 Å². The Morgan fingerprint density at radius 2 is 0.708 bits per heavy atom. The van der Waals surface area contributed by atoms with Gasteiger partial charge in [-0.15, -0.1) is 20.4 Å². The van der Waals surface area contributed by atoms with E-state index in [0.29, 0.717) is 173 Å². The van der Waals surface area contributed by atoms with Gasteiger partial charge >= 0.3 is 0 Å². The molecule has 0 spiro atoms. The molecule has 4 rings (SSSR count). The van der Waals surface area contributed by atoms with Gasteiger partial charge < -0.3 is 40.2 Å². The molecule has 0 aliphatic carbocycles. The van der Waals surface area contributed by atoms with Gasteiger partial charge in [-0.25, -0.2) is 18.7 Å². The van der Waals surface area contributed by atoms with Gasteiger partial charge in [-0.2, -0.15) is 0 Å². The molecule has 28 nitrogen and oxygen atoms in total. The molecule has 4 aromatic rings. The lowest BCUT2D eigenvalue weighted by Gasteiger charge is -2.06. The van der Waals surface area contributed by atoms with E-state index in [1.807, 2.05) is 96.9 Å². The van der Waals surface area contributed by atoms with Gasteiger partial charge in [-0.1, -0.05) is 132 Å². The summed E-state index contributed by atoms with van der Waals surface area (Å²) < 4.78 is 28.6. The Bertz CT molecular complexity index is 2600. The molecule has 0 radical (unpaired) electrons. The Morgan fingerprint density at radius 3 is 1.12 bits per heavy atom. The molecule has 0 aromatic carbocycles. The van der Waals surface area contributed by atoms with Gasteiger partial charge in [0.2, 0.25) is 23.6 Å². The van der Waals surface area contributed by atoms with E-state index in [2.05, 4.69) is 76.4 Å². The van der Waals surface area contributed by atoms with Crippen LogP contribution in [0, 0.1) is 47.3 Å². The van der Waals surface area contributed by atoms with Crippen molar-refractivity contribution in [2.45, 2.75) is 227 Å². The van der Waals surface area contributed by atoms with Gasteiger partial charge in [-0.3, -0.25) is 38.4 Å². The number of hydrogen-bond donors (Lipinski definition) is 4. The van der Waals surface area contributed by atoms with Crippen molar-refractivity contribution in [1.82, 2.24) is 81.2 Å². The fraction of sp³-hybridized carbons (Fsp3) is 0.765. The maximum atomic E-state index is 11.7. The van der Waals surface area contributed by atoms with E-state index in [0.717, 1.165) is 42.8 Å². The topological polar surface area (TPSA) is 344 Å². The Labute approximate surface area is 571 Å². The highest BCUT2D eigenvalue weighted by Crippen LogP contribution is 2.08. The third kappa shape index (κ3) is 47.0. The predicted octanol–water partition coefficient (Wildman–Crippen LogP) is 7.15. The van der Waals surface area contributed by atoms with E-state index >= 15 is 0 Å². The van der Waals surface area contributed by atoms with Crippen LogP contribution in [0.1, 0.15) is 198 Å². The number of carbonyl (C=O) groups excluding carboxylic acids is 8. The Morgan fingerprint density at radius 1 is 0.365 bits per heavy atom. The number of rotatable bonds is 48. The molecule has 0 saturated heterocycles. The Balaban J connectivity index is 0.000000640. The van der Waals surface area contributed by atoms with Crippen molar-refractivity contribution in [2.75, 3.05) is 65.9 Å². The number of aromatic nitrogens is 12. The summed E-state index contributed by atoms with van der Waals surface area (Å²) in [7, 11) is 0. The summed E-state index contributed by atoms with van der Waals surface area (Å²) in [5, 5.41) is 43.3. The number of ether oxygens (including phenoxy) is 4. The molecule has 0 fully saturated rings. The van der Waals surface area contributed by atoms with Crippen LogP contribution in [0.15, 0.2) is 24.8 Å². The van der Waals surface area contributed by atoms with Gasteiger partial charge in [-0.05, 0) is 49.4 Å². The Kier molecular flexibility index (Phi) is 47.2. The molecule has 0 atom stereocenters. The molecule has 96 heavy (non-hydrogen) atoms. The number of amides is 4. The third-order valence-electron chi connectivity index (χ3n) is 13.9. The minimum atomic E-state index is -0.0637. The summed E-state index contributed by atoms with van der Waals surface area (Å²) in [4.78, 5) is 92.4. The van der Waals surface area contributed by atoms with Crippen molar-refractivity contribution in [2.24, 2.45) is 47.3 Å². The fourth-order valence-electron chi connectivity index (χ4n) is 8.05. The zero-order valence-corrected chi connectivity index (χ0v) is 61.0. The maximum absolute atomic E-state index is 11.7. The van der Waals surface area contributed by atoms with Gasteiger partial charge in [0.15, 0.2) is 0 Å². The van der Waals surface area contributed by atoms with E-state index < -0.39 is 0 Å². The van der Waals surface area contributed by atoms with Crippen LogP contribution in [0.5, 0.6) is 0 Å². The first-order valence-corrected chi connectivity index (χ1v) is 34.6. The molecule has 0 bridgehead atoms. The summed E-state index contributed by atoms with van der Waals surface area (Å²) in [5.74, 6) is 2.96. The number of nitrogens with zero attached hydrogens (tertiary/aromatic N) is 12. The summed E-state index contributed by atoms with van der Waals surface area (Å²) in [5.41, 5.74) is 3.00. The minimum Gasteiger partial charge on any atom is -0.381 e. The van der Waals surface area contributed by atoms with E-state index in [4.69, 9.17) is 18.9 Å². The number of hydrogen-bond acceptors (Lipinski definition) is 20. The molecule has 544 valence electrons. The van der Waals surface area contributed by atoms with Crippen LogP contribution in [0.3, 0.4) is 0 Å². The summed E-state index contributed by atoms with van der Waals surface area (Å²) in [6.07, 6.45) is 15.0. The Hall–Kier alpha value is -7.04. The molecular formula is C68H120N16O12. The smallest absolute Gasteiger partial charge is 0.241 e. The van der Waals surface area contributed by atoms with Crippen molar-refractivity contribution in [3.8, 4) is 0 Å².